The number of hydrogen-bond acceptors (Lipinski definition) is 2. The molecule has 2 atom stereocenters. The van der Waals surface area contributed by atoms with Gasteiger partial charge in [0.2, 0.25) is 0 Å². The number of rotatable bonds is 2. The summed E-state index contributed by atoms with van der Waals surface area (Å²) in [6.45, 7) is 0. The molecule has 1 saturated carbocycles. The predicted molar refractivity (Wildman–Crippen MR) is 73.7 cm³/mol. The van der Waals surface area contributed by atoms with Crippen molar-refractivity contribution in [2.24, 2.45) is 0 Å². The number of para-hydroxylation sites is 1. The van der Waals surface area contributed by atoms with Crippen molar-refractivity contribution >= 4 is 23.0 Å². The average Bonchev–Trinajstić information content (AvgIpc) is 2.68. The van der Waals surface area contributed by atoms with Gasteiger partial charge in [-0.05, 0) is 37.2 Å². The first kappa shape index (κ1) is 10.8. The first-order valence-corrected chi connectivity index (χ1v) is 6.67. The van der Waals surface area contributed by atoms with Gasteiger partial charge in [-0.2, -0.15) is 0 Å². The number of benzene rings is 1. The van der Waals surface area contributed by atoms with E-state index in [1.807, 2.05) is 18.2 Å². The van der Waals surface area contributed by atoms with Crippen LogP contribution in [-0.4, -0.2) is 22.2 Å². The Balaban J connectivity index is 1.76. The monoisotopic (exact) mass is 247 g/mol. The van der Waals surface area contributed by atoms with Crippen LogP contribution in [0.2, 0.25) is 0 Å². The van der Waals surface area contributed by atoms with Crippen LogP contribution in [0.1, 0.15) is 25.7 Å². The van der Waals surface area contributed by atoms with Crippen molar-refractivity contribution in [1.82, 2.24) is 10.3 Å². The molecule has 2 unspecified atom stereocenters. The molecule has 1 heterocycles. The number of thiocarbonyl (C=S) groups is 1. The van der Waals surface area contributed by atoms with Crippen molar-refractivity contribution in [3.8, 4) is 0 Å². The van der Waals surface area contributed by atoms with E-state index < -0.39 is 0 Å². The zero-order chi connectivity index (χ0) is 11.7. The van der Waals surface area contributed by atoms with E-state index in [1.54, 1.807) is 0 Å². The summed E-state index contributed by atoms with van der Waals surface area (Å²) in [4.78, 5) is 0. The maximum absolute atomic E-state index is 5.41. The Kier molecular flexibility index (Phi) is 2.89. The molecular weight excluding hydrogens is 230 g/mol. The fourth-order valence-corrected chi connectivity index (χ4v) is 3.09. The smallest absolute Gasteiger partial charge is 0.188 e. The number of anilines is 1. The van der Waals surface area contributed by atoms with Crippen LogP contribution in [0.4, 0.5) is 5.69 Å². The molecule has 1 aliphatic carbocycles. The molecule has 2 aliphatic rings. The van der Waals surface area contributed by atoms with Gasteiger partial charge in [-0.3, -0.25) is 10.4 Å². The number of fused-ring (bicyclic) bond motifs is 1. The highest BCUT2D eigenvalue weighted by molar-refractivity contribution is 7.80. The maximum atomic E-state index is 5.41. The second-order valence-corrected chi connectivity index (χ2v) is 5.14. The minimum atomic E-state index is 0.511. The van der Waals surface area contributed by atoms with Crippen molar-refractivity contribution in [1.29, 1.82) is 0 Å². The molecule has 4 heteroatoms. The van der Waals surface area contributed by atoms with Crippen LogP contribution in [0.3, 0.4) is 0 Å². The summed E-state index contributed by atoms with van der Waals surface area (Å²) in [5.74, 6) is 0. The first-order chi connectivity index (χ1) is 8.34. The maximum Gasteiger partial charge on any atom is 0.188 e. The molecule has 0 spiro atoms. The summed E-state index contributed by atoms with van der Waals surface area (Å²) < 4.78 is 0. The molecule has 1 aromatic carbocycles. The van der Waals surface area contributed by atoms with Crippen molar-refractivity contribution < 1.29 is 0 Å². The van der Waals surface area contributed by atoms with Crippen molar-refractivity contribution in [2.45, 2.75) is 37.8 Å². The molecule has 3 nitrogen and oxygen atoms in total. The van der Waals surface area contributed by atoms with Gasteiger partial charge in [-0.25, -0.2) is 0 Å². The van der Waals surface area contributed by atoms with E-state index in [0.29, 0.717) is 12.1 Å². The van der Waals surface area contributed by atoms with Crippen molar-refractivity contribution in [3.05, 3.63) is 30.3 Å². The molecule has 3 rings (SSSR count). The van der Waals surface area contributed by atoms with Gasteiger partial charge in [-0.1, -0.05) is 31.0 Å². The van der Waals surface area contributed by atoms with E-state index in [2.05, 4.69) is 27.9 Å². The minimum absolute atomic E-state index is 0.511. The SMILES string of the molecule is S=C1NC2CCCCC2N1Nc1ccccc1. The van der Waals surface area contributed by atoms with Crippen LogP contribution in [-0.2, 0) is 0 Å². The topological polar surface area (TPSA) is 27.3 Å². The lowest BCUT2D eigenvalue weighted by atomic mass is 9.91. The number of nitrogens with one attached hydrogen (secondary N) is 2. The standard InChI is InChI=1S/C13H17N3S/c17-13-14-11-8-4-5-9-12(11)16(13)15-10-6-2-1-3-7-10/h1-3,6-7,11-12,15H,4-5,8-9H2,(H,14,17). The van der Waals surface area contributed by atoms with Crippen LogP contribution >= 0.6 is 12.2 Å². The third-order valence-corrected chi connectivity index (χ3v) is 3.93. The zero-order valence-electron chi connectivity index (χ0n) is 9.73. The number of nitrogens with zero attached hydrogens (tertiary/aromatic N) is 1. The molecule has 17 heavy (non-hydrogen) atoms. The van der Waals surface area contributed by atoms with E-state index in [9.17, 15) is 0 Å². The fourth-order valence-electron chi connectivity index (χ4n) is 2.75. The molecule has 0 radical (unpaired) electrons. The van der Waals surface area contributed by atoms with E-state index in [1.165, 1.54) is 25.7 Å². The van der Waals surface area contributed by atoms with E-state index in [4.69, 9.17) is 12.2 Å². The molecule has 1 aromatic rings. The van der Waals surface area contributed by atoms with Gasteiger partial charge >= 0.3 is 0 Å². The third-order valence-electron chi connectivity index (χ3n) is 3.61. The van der Waals surface area contributed by atoms with Crippen LogP contribution < -0.4 is 10.7 Å². The summed E-state index contributed by atoms with van der Waals surface area (Å²) >= 11 is 5.41. The Labute approximate surface area is 107 Å². The lowest BCUT2D eigenvalue weighted by Gasteiger charge is -2.31. The lowest BCUT2D eigenvalue weighted by Crippen LogP contribution is -2.42. The fraction of sp³-hybridized carbons (Fsp3) is 0.462. The van der Waals surface area contributed by atoms with Crippen LogP contribution in [0, 0.1) is 0 Å². The van der Waals surface area contributed by atoms with E-state index in [-0.39, 0.29) is 0 Å². The molecule has 0 bridgehead atoms. The Morgan fingerprint density at radius 2 is 1.94 bits per heavy atom. The summed E-state index contributed by atoms with van der Waals surface area (Å²) in [6.07, 6.45) is 5.07. The second-order valence-electron chi connectivity index (χ2n) is 4.76. The molecular formula is C13H17N3S. The Bertz CT molecular complexity index is 406. The molecule has 90 valence electrons. The van der Waals surface area contributed by atoms with Gasteiger partial charge in [0, 0.05) is 0 Å². The van der Waals surface area contributed by atoms with Gasteiger partial charge in [0.25, 0.3) is 0 Å². The highest BCUT2D eigenvalue weighted by Crippen LogP contribution is 2.28. The molecule has 0 aromatic heterocycles. The lowest BCUT2D eigenvalue weighted by molar-refractivity contribution is 0.277. The highest BCUT2D eigenvalue weighted by Gasteiger charge is 2.38. The predicted octanol–water partition coefficient (Wildman–Crippen LogP) is 2.51. The third kappa shape index (κ3) is 2.09. The Hall–Kier alpha value is -1.29. The summed E-state index contributed by atoms with van der Waals surface area (Å²) in [5, 5.41) is 6.39. The molecule has 0 amide bonds. The quantitative estimate of drug-likeness (QED) is 0.785. The van der Waals surface area contributed by atoms with Crippen LogP contribution in [0.25, 0.3) is 0 Å². The van der Waals surface area contributed by atoms with Crippen LogP contribution in [0.15, 0.2) is 30.3 Å². The molecule has 2 fully saturated rings. The zero-order valence-corrected chi connectivity index (χ0v) is 10.5. The van der Waals surface area contributed by atoms with Gasteiger partial charge < -0.3 is 5.32 Å². The molecule has 1 aliphatic heterocycles. The van der Waals surface area contributed by atoms with Gasteiger partial charge in [0.05, 0.1) is 17.8 Å². The highest BCUT2D eigenvalue weighted by atomic mass is 32.1. The first-order valence-electron chi connectivity index (χ1n) is 6.26. The second kappa shape index (κ2) is 4.53. The van der Waals surface area contributed by atoms with Gasteiger partial charge in [-0.15, -0.1) is 0 Å². The van der Waals surface area contributed by atoms with Crippen LogP contribution in [0.5, 0.6) is 0 Å². The Morgan fingerprint density at radius 1 is 1.18 bits per heavy atom. The summed E-state index contributed by atoms with van der Waals surface area (Å²) in [6, 6.07) is 11.3. The van der Waals surface area contributed by atoms with E-state index >= 15 is 0 Å². The number of hydrazine groups is 1. The molecule has 2 N–H and O–H groups in total. The minimum Gasteiger partial charge on any atom is -0.356 e. The summed E-state index contributed by atoms with van der Waals surface area (Å²) in [7, 11) is 0. The normalized spacial score (nSPS) is 27.5. The van der Waals surface area contributed by atoms with Crippen molar-refractivity contribution in [3.63, 3.8) is 0 Å². The van der Waals surface area contributed by atoms with Gasteiger partial charge in [0.15, 0.2) is 5.11 Å². The summed E-state index contributed by atoms with van der Waals surface area (Å²) in [5.41, 5.74) is 4.52. The molecule has 1 saturated heterocycles. The number of hydrogen-bond donors (Lipinski definition) is 2. The van der Waals surface area contributed by atoms with Gasteiger partial charge in [0.1, 0.15) is 0 Å². The van der Waals surface area contributed by atoms with Crippen molar-refractivity contribution in [2.75, 3.05) is 5.43 Å². The Morgan fingerprint density at radius 3 is 2.76 bits per heavy atom. The van der Waals surface area contributed by atoms with E-state index in [0.717, 1.165) is 10.8 Å². The average molecular weight is 247 g/mol. The largest absolute Gasteiger partial charge is 0.356 e.